The van der Waals surface area contributed by atoms with Gasteiger partial charge >= 0.3 is 0 Å². The minimum Gasteiger partial charge on any atom is -0.495 e. The highest BCUT2D eigenvalue weighted by Gasteiger charge is 2.16. The summed E-state index contributed by atoms with van der Waals surface area (Å²) in [5, 5.41) is 0.231. The molecule has 124 valence electrons. The summed E-state index contributed by atoms with van der Waals surface area (Å²) in [5.74, 6) is 0.416. The molecule has 0 atom stereocenters. The molecule has 0 radical (unpaired) electrons. The molecule has 0 aliphatic rings. The first-order chi connectivity index (χ1) is 11.5. The van der Waals surface area contributed by atoms with Crippen LogP contribution in [0.25, 0.3) is 11.3 Å². The Kier molecular flexibility index (Phi) is 4.46. The molecule has 0 amide bonds. The van der Waals surface area contributed by atoms with E-state index in [9.17, 15) is 8.42 Å². The Bertz CT molecular complexity index is 939. The Morgan fingerprint density at radius 2 is 1.92 bits per heavy atom. The van der Waals surface area contributed by atoms with Gasteiger partial charge in [-0.25, -0.2) is 13.4 Å². The molecular weight excluding hydrogens is 350 g/mol. The van der Waals surface area contributed by atoms with Crippen molar-refractivity contribution >= 4 is 27.3 Å². The van der Waals surface area contributed by atoms with Crippen molar-refractivity contribution in [2.24, 2.45) is 0 Å². The number of hydrogen-bond acceptors (Lipinski definition) is 4. The van der Waals surface area contributed by atoms with E-state index in [-0.39, 0.29) is 9.92 Å². The Morgan fingerprint density at radius 1 is 1.17 bits per heavy atom. The predicted octanol–water partition coefficient (Wildman–Crippen LogP) is 3.54. The van der Waals surface area contributed by atoms with Crippen LogP contribution >= 0.6 is 11.6 Å². The van der Waals surface area contributed by atoms with Gasteiger partial charge in [-0.2, -0.15) is 0 Å². The van der Waals surface area contributed by atoms with Crippen molar-refractivity contribution in [3.63, 3.8) is 0 Å². The summed E-state index contributed by atoms with van der Waals surface area (Å²) < 4.78 is 32.4. The normalized spacial score (nSPS) is 11.2. The predicted molar refractivity (Wildman–Crippen MR) is 92.8 cm³/mol. The quantitative estimate of drug-likeness (QED) is 0.726. The van der Waals surface area contributed by atoms with E-state index in [2.05, 4.69) is 14.7 Å². The fourth-order valence-electron chi connectivity index (χ4n) is 2.16. The van der Waals surface area contributed by atoms with Crippen molar-refractivity contribution in [2.75, 3.05) is 11.8 Å². The number of ether oxygens (including phenoxy) is 1. The summed E-state index contributed by atoms with van der Waals surface area (Å²) in [6.45, 7) is 0. The van der Waals surface area contributed by atoms with Gasteiger partial charge in [-0.15, -0.1) is 0 Å². The van der Waals surface area contributed by atoms with Crippen LogP contribution in [0.1, 0.15) is 0 Å². The molecule has 1 aromatic heterocycles. The molecule has 0 spiro atoms. The van der Waals surface area contributed by atoms with Gasteiger partial charge in [-0.05, 0) is 35.9 Å². The molecule has 0 fully saturated rings. The number of H-pyrrole nitrogens is 1. The average molecular weight is 364 g/mol. The maximum Gasteiger partial charge on any atom is 0.261 e. The number of nitrogens with zero attached hydrogens (tertiary/aromatic N) is 1. The molecule has 6 nitrogen and oxygen atoms in total. The maximum absolute atomic E-state index is 12.4. The van der Waals surface area contributed by atoms with Gasteiger partial charge in [0, 0.05) is 5.69 Å². The maximum atomic E-state index is 12.4. The van der Waals surface area contributed by atoms with Crippen molar-refractivity contribution < 1.29 is 13.2 Å². The third-order valence-corrected chi connectivity index (χ3v) is 5.05. The Balaban J connectivity index is 1.83. The van der Waals surface area contributed by atoms with E-state index in [1.165, 1.54) is 25.3 Å². The van der Waals surface area contributed by atoms with Crippen molar-refractivity contribution in [1.29, 1.82) is 0 Å². The van der Waals surface area contributed by atoms with Gasteiger partial charge in [0.1, 0.15) is 5.75 Å². The molecule has 8 heteroatoms. The SMILES string of the molecule is COc1ccc(S(=O)(=O)Nc2ccc(-c3cnc[nH]3)cc2)cc1Cl. The smallest absolute Gasteiger partial charge is 0.261 e. The molecule has 3 aromatic rings. The highest BCUT2D eigenvalue weighted by molar-refractivity contribution is 7.92. The number of aromatic nitrogens is 2. The second-order valence-electron chi connectivity index (χ2n) is 4.94. The van der Waals surface area contributed by atoms with Gasteiger partial charge in [0.2, 0.25) is 0 Å². The minimum atomic E-state index is -3.74. The number of sulfonamides is 1. The van der Waals surface area contributed by atoms with Crippen LogP contribution in [0.5, 0.6) is 5.75 Å². The largest absolute Gasteiger partial charge is 0.495 e. The number of aromatic amines is 1. The van der Waals surface area contributed by atoms with Crippen LogP contribution in [0.2, 0.25) is 5.02 Å². The minimum absolute atomic E-state index is 0.0611. The second kappa shape index (κ2) is 6.54. The fraction of sp³-hybridized carbons (Fsp3) is 0.0625. The van der Waals surface area contributed by atoms with Crippen LogP contribution in [0.15, 0.2) is 59.9 Å². The van der Waals surface area contributed by atoms with Crippen LogP contribution in [-0.2, 0) is 10.0 Å². The van der Waals surface area contributed by atoms with Gasteiger partial charge < -0.3 is 9.72 Å². The van der Waals surface area contributed by atoms with Crippen LogP contribution < -0.4 is 9.46 Å². The molecule has 0 saturated heterocycles. The number of rotatable bonds is 5. The lowest BCUT2D eigenvalue weighted by Crippen LogP contribution is -2.12. The van der Waals surface area contributed by atoms with Crippen molar-refractivity contribution in [2.45, 2.75) is 4.90 Å². The number of imidazole rings is 1. The van der Waals surface area contributed by atoms with E-state index in [1.54, 1.807) is 36.8 Å². The number of anilines is 1. The molecule has 0 unspecified atom stereocenters. The summed E-state index contributed by atoms with van der Waals surface area (Å²) in [7, 11) is -2.27. The summed E-state index contributed by atoms with van der Waals surface area (Å²) in [6.07, 6.45) is 3.28. The van der Waals surface area contributed by atoms with Crippen LogP contribution in [-0.4, -0.2) is 25.5 Å². The number of halogens is 1. The summed E-state index contributed by atoms with van der Waals surface area (Å²) >= 11 is 5.99. The van der Waals surface area contributed by atoms with Crippen molar-refractivity contribution in [1.82, 2.24) is 9.97 Å². The number of hydrogen-bond donors (Lipinski definition) is 2. The zero-order valence-electron chi connectivity index (χ0n) is 12.7. The topological polar surface area (TPSA) is 84.1 Å². The lowest BCUT2D eigenvalue weighted by atomic mass is 10.1. The number of benzene rings is 2. The summed E-state index contributed by atoms with van der Waals surface area (Å²) in [4.78, 5) is 7.00. The molecular formula is C16H14ClN3O3S. The third kappa shape index (κ3) is 3.37. The van der Waals surface area contributed by atoms with Crippen molar-refractivity contribution in [3.8, 4) is 17.0 Å². The zero-order chi connectivity index (χ0) is 17.2. The lowest BCUT2D eigenvalue weighted by Gasteiger charge is -2.10. The molecule has 0 bridgehead atoms. The molecule has 0 saturated carbocycles. The number of methoxy groups -OCH3 is 1. The van der Waals surface area contributed by atoms with Crippen LogP contribution in [0, 0.1) is 0 Å². The number of nitrogens with one attached hydrogen (secondary N) is 2. The van der Waals surface area contributed by atoms with Gasteiger partial charge in [0.15, 0.2) is 0 Å². The average Bonchev–Trinajstić information content (AvgIpc) is 3.09. The van der Waals surface area contributed by atoms with E-state index in [0.717, 1.165) is 11.3 Å². The van der Waals surface area contributed by atoms with Crippen LogP contribution in [0.3, 0.4) is 0 Å². The third-order valence-electron chi connectivity index (χ3n) is 3.38. The monoisotopic (exact) mass is 363 g/mol. The van der Waals surface area contributed by atoms with Gasteiger partial charge in [0.05, 0.1) is 35.2 Å². The Labute approximate surface area is 144 Å². The fourth-order valence-corrected chi connectivity index (χ4v) is 3.57. The molecule has 2 aromatic carbocycles. The van der Waals surface area contributed by atoms with E-state index in [4.69, 9.17) is 16.3 Å². The molecule has 24 heavy (non-hydrogen) atoms. The molecule has 3 rings (SSSR count). The first-order valence-electron chi connectivity index (χ1n) is 6.95. The highest BCUT2D eigenvalue weighted by Crippen LogP contribution is 2.28. The lowest BCUT2D eigenvalue weighted by molar-refractivity contribution is 0.414. The Morgan fingerprint density at radius 3 is 2.50 bits per heavy atom. The first-order valence-corrected chi connectivity index (χ1v) is 8.81. The first kappa shape index (κ1) is 16.4. The second-order valence-corrected chi connectivity index (χ2v) is 7.03. The zero-order valence-corrected chi connectivity index (χ0v) is 14.2. The van der Waals surface area contributed by atoms with E-state index in [1.807, 2.05) is 0 Å². The molecule has 0 aliphatic heterocycles. The molecule has 0 aliphatic carbocycles. The standard InChI is InChI=1S/C16H14ClN3O3S/c1-23-16-7-6-13(8-14(16)17)24(21,22)20-12-4-2-11(3-5-12)15-9-18-10-19-15/h2-10,20H,1H3,(H,18,19). The van der Waals surface area contributed by atoms with E-state index < -0.39 is 10.0 Å². The van der Waals surface area contributed by atoms with Crippen molar-refractivity contribution in [3.05, 3.63) is 60.0 Å². The molecule has 2 N–H and O–H groups in total. The van der Waals surface area contributed by atoms with Gasteiger partial charge in [-0.1, -0.05) is 23.7 Å². The molecule has 1 heterocycles. The van der Waals surface area contributed by atoms with E-state index in [0.29, 0.717) is 11.4 Å². The Hall–Kier alpha value is -2.51. The highest BCUT2D eigenvalue weighted by atomic mass is 35.5. The summed E-state index contributed by atoms with van der Waals surface area (Å²) in [6, 6.07) is 11.3. The van der Waals surface area contributed by atoms with E-state index >= 15 is 0 Å². The van der Waals surface area contributed by atoms with Gasteiger partial charge in [-0.3, -0.25) is 4.72 Å². The van der Waals surface area contributed by atoms with Gasteiger partial charge in [0.25, 0.3) is 10.0 Å². The summed E-state index contributed by atoms with van der Waals surface area (Å²) in [5.41, 5.74) is 2.21. The van der Waals surface area contributed by atoms with Crippen LogP contribution in [0.4, 0.5) is 5.69 Å².